The molecule has 0 aromatic heterocycles. The van der Waals surface area contributed by atoms with Crippen molar-refractivity contribution in [1.29, 1.82) is 0 Å². The Hall–Kier alpha value is -2.11. The third-order valence-corrected chi connectivity index (χ3v) is 4.54. The Labute approximate surface area is 142 Å². The molecule has 0 N–H and O–H groups in total. The van der Waals surface area contributed by atoms with Crippen LogP contribution in [0.2, 0.25) is 0 Å². The van der Waals surface area contributed by atoms with E-state index in [1.165, 1.54) is 7.11 Å². The molecule has 124 valence electrons. The number of hydrogen-bond donors (Lipinski definition) is 0. The zero-order valence-electron chi connectivity index (χ0n) is 14.4. The lowest BCUT2D eigenvalue weighted by Crippen LogP contribution is -2.34. The summed E-state index contributed by atoms with van der Waals surface area (Å²) in [4.78, 5) is 11.5. The van der Waals surface area contributed by atoms with Gasteiger partial charge in [-0.25, -0.2) is 4.79 Å². The number of hydrogen-bond acceptors (Lipinski definition) is 4. The molecule has 1 saturated heterocycles. The summed E-state index contributed by atoms with van der Waals surface area (Å²) < 4.78 is 16.6. The van der Waals surface area contributed by atoms with Gasteiger partial charge in [0, 0.05) is 0 Å². The predicted molar refractivity (Wildman–Crippen MR) is 94.3 cm³/mol. The second kappa shape index (κ2) is 6.42. The van der Waals surface area contributed by atoms with Gasteiger partial charge in [0.05, 0.1) is 24.4 Å². The molecular formula is C19H21BO4. The van der Waals surface area contributed by atoms with Gasteiger partial charge in [0.2, 0.25) is 0 Å². The van der Waals surface area contributed by atoms with Gasteiger partial charge in [0.15, 0.2) is 0 Å². The largest absolute Gasteiger partial charge is 0.494 e. The van der Waals surface area contributed by atoms with Crippen molar-refractivity contribution in [2.75, 3.05) is 7.11 Å². The molecule has 5 heteroatoms. The molecule has 3 rings (SSSR count). The summed E-state index contributed by atoms with van der Waals surface area (Å²) in [5.74, 6) is -0.329. The quantitative estimate of drug-likeness (QED) is 0.643. The Morgan fingerprint density at radius 1 is 1.04 bits per heavy atom. The molecule has 4 nitrogen and oxygen atoms in total. The van der Waals surface area contributed by atoms with E-state index < -0.39 is 0 Å². The summed E-state index contributed by atoms with van der Waals surface area (Å²) in [7, 11) is 1.05. The Morgan fingerprint density at radius 3 is 2.04 bits per heavy atom. The van der Waals surface area contributed by atoms with Crippen molar-refractivity contribution in [2.45, 2.75) is 32.5 Å². The highest BCUT2D eigenvalue weighted by Crippen LogP contribution is 2.27. The topological polar surface area (TPSA) is 44.8 Å². The van der Waals surface area contributed by atoms with Crippen molar-refractivity contribution in [3.63, 3.8) is 0 Å². The lowest BCUT2D eigenvalue weighted by atomic mass is 9.78. The van der Waals surface area contributed by atoms with Crippen molar-refractivity contribution in [3.8, 4) is 11.1 Å². The molecule has 1 unspecified atom stereocenters. The molecule has 1 fully saturated rings. The van der Waals surface area contributed by atoms with Crippen LogP contribution in [0.15, 0.2) is 48.5 Å². The van der Waals surface area contributed by atoms with Gasteiger partial charge in [-0.2, -0.15) is 0 Å². The lowest BCUT2D eigenvalue weighted by molar-refractivity contribution is 0.0600. The molecule has 1 heterocycles. The lowest BCUT2D eigenvalue weighted by Gasteiger charge is -2.21. The second-order valence-corrected chi connectivity index (χ2v) is 6.52. The number of methoxy groups -OCH3 is 1. The maximum Gasteiger partial charge on any atom is 0.494 e. The van der Waals surface area contributed by atoms with E-state index in [4.69, 9.17) is 14.0 Å². The van der Waals surface area contributed by atoms with Gasteiger partial charge in [0.1, 0.15) is 0 Å². The van der Waals surface area contributed by atoms with Crippen LogP contribution in [0.4, 0.5) is 0 Å². The van der Waals surface area contributed by atoms with Gasteiger partial charge in [-0.15, -0.1) is 0 Å². The molecule has 0 saturated carbocycles. The Balaban J connectivity index is 1.76. The number of benzene rings is 2. The number of carbonyl (C=O) groups excluding carboxylic acids is 1. The van der Waals surface area contributed by atoms with Crippen LogP contribution >= 0.6 is 0 Å². The molecule has 0 radical (unpaired) electrons. The van der Waals surface area contributed by atoms with Crippen molar-refractivity contribution in [1.82, 2.24) is 0 Å². The molecule has 0 bridgehead atoms. The predicted octanol–water partition coefficient (Wildman–Crippen LogP) is 3.05. The van der Waals surface area contributed by atoms with E-state index >= 15 is 0 Å². The van der Waals surface area contributed by atoms with Crippen molar-refractivity contribution in [2.24, 2.45) is 0 Å². The Kier molecular flexibility index (Phi) is 4.48. The van der Waals surface area contributed by atoms with E-state index in [1.807, 2.05) is 57.2 Å². The zero-order valence-corrected chi connectivity index (χ0v) is 14.4. The van der Waals surface area contributed by atoms with Crippen LogP contribution in [-0.2, 0) is 14.0 Å². The minimum absolute atomic E-state index is 0.0491. The zero-order chi connectivity index (χ0) is 17.3. The van der Waals surface area contributed by atoms with Crippen LogP contribution in [0.1, 0.15) is 31.1 Å². The molecule has 0 spiro atoms. The number of esters is 1. The summed E-state index contributed by atoms with van der Waals surface area (Å²) in [5.41, 5.74) is 3.37. The van der Waals surface area contributed by atoms with E-state index in [1.54, 1.807) is 12.1 Å². The van der Waals surface area contributed by atoms with Gasteiger partial charge >= 0.3 is 13.1 Å². The first-order valence-corrected chi connectivity index (χ1v) is 8.03. The standard InChI is InChI=1S/C19H21BO4/c1-13-19(2,3)24-20(23-13)17-11-9-15(10-12-17)14-5-7-16(8-6-14)18(21)22-4/h5-13H,1-4H3. The minimum atomic E-state index is -0.329. The molecule has 2 aromatic carbocycles. The second-order valence-electron chi connectivity index (χ2n) is 6.52. The summed E-state index contributed by atoms with van der Waals surface area (Å²) in [6.07, 6.45) is 0.0491. The summed E-state index contributed by atoms with van der Waals surface area (Å²) >= 11 is 0. The van der Waals surface area contributed by atoms with E-state index in [0.29, 0.717) is 5.56 Å². The molecular weight excluding hydrogens is 303 g/mol. The Bertz CT molecular complexity index is 722. The maximum atomic E-state index is 11.5. The fraction of sp³-hybridized carbons (Fsp3) is 0.316. The molecule has 2 aromatic rings. The number of carbonyl (C=O) groups is 1. The summed E-state index contributed by atoms with van der Waals surface area (Å²) in [6, 6.07) is 15.5. The molecule has 1 aliphatic rings. The molecule has 1 atom stereocenters. The average Bonchev–Trinajstić information content (AvgIpc) is 2.87. The van der Waals surface area contributed by atoms with Crippen LogP contribution < -0.4 is 5.46 Å². The SMILES string of the molecule is COC(=O)c1ccc(-c2ccc(B3OC(C)C(C)(C)O3)cc2)cc1. The fourth-order valence-corrected chi connectivity index (χ4v) is 2.64. The van der Waals surface area contributed by atoms with Crippen molar-refractivity contribution >= 4 is 18.6 Å². The highest BCUT2D eigenvalue weighted by molar-refractivity contribution is 6.62. The monoisotopic (exact) mass is 324 g/mol. The first-order valence-electron chi connectivity index (χ1n) is 8.03. The third kappa shape index (κ3) is 3.23. The Morgan fingerprint density at radius 2 is 1.58 bits per heavy atom. The molecule has 1 aliphatic heterocycles. The first-order chi connectivity index (χ1) is 11.4. The smallest absolute Gasteiger partial charge is 0.465 e. The third-order valence-electron chi connectivity index (χ3n) is 4.54. The van der Waals surface area contributed by atoms with Crippen molar-refractivity contribution in [3.05, 3.63) is 54.1 Å². The number of ether oxygens (including phenoxy) is 1. The van der Waals surface area contributed by atoms with E-state index in [2.05, 4.69) is 0 Å². The normalized spacial score (nSPS) is 19.3. The molecule has 24 heavy (non-hydrogen) atoms. The van der Waals surface area contributed by atoms with E-state index in [9.17, 15) is 4.79 Å². The minimum Gasteiger partial charge on any atom is -0.465 e. The molecule has 0 amide bonds. The summed E-state index contributed by atoms with van der Waals surface area (Å²) in [5, 5.41) is 0. The molecule has 0 aliphatic carbocycles. The highest BCUT2D eigenvalue weighted by Gasteiger charge is 2.43. The maximum absolute atomic E-state index is 11.5. The first kappa shape index (κ1) is 16.7. The van der Waals surface area contributed by atoms with Gasteiger partial charge in [-0.3, -0.25) is 0 Å². The van der Waals surface area contributed by atoms with Crippen LogP contribution in [-0.4, -0.2) is 31.9 Å². The highest BCUT2D eigenvalue weighted by atomic mass is 16.7. The van der Waals surface area contributed by atoms with Gasteiger partial charge in [0.25, 0.3) is 0 Å². The van der Waals surface area contributed by atoms with Crippen LogP contribution in [0.5, 0.6) is 0 Å². The van der Waals surface area contributed by atoms with E-state index in [0.717, 1.165) is 16.6 Å². The van der Waals surface area contributed by atoms with E-state index in [-0.39, 0.29) is 24.8 Å². The van der Waals surface area contributed by atoms with Gasteiger partial charge in [-0.05, 0) is 49.5 Å². The fourth-order valence-electron chi connectivity index (χ4n) is 2.64. The van der Waals surface area contributed by atoms with Crippen LogP contribution in [0, 0.1) is 0 Å². The van der Waals surface area contributed by atoms with Crippen LogP contribution in [0.3, 0.4) is 0 Å². The number of rotatable bonds is 3. The van der Waals surface area contributed by atoms with Gasteiger partial charge < -0.3 is 14.0 Å². The average molecular weight is 324 g/mol. The summed E-state index contributed by atoms with van der Waals surface area (Å²) in [6.45, 7) is 6.10. The van der Waals surface area contributed by atoms with Gasteiger partial charge in [-0.1, -0.05) is 36.4 Å². The van der Waals surface area contributed by atoms with Crippen molar-refractivity contribution < 1.29 is 18.8 Å². The van der Waals surface area contributed by atoms with Crippen LogP contribution in [0.25, 0.3) is 11.1 Å².